The van der Waals surface area contributed by atoms with Crippen LogP contribution in [0.15, 0.2) is 24.3 Å². The van der Waals surface area contributed by atoms with Crippen LogP contribution in [0.25, 0.3) is 0 Å². The van der Waals surface area contributed by atoms with E-state index >= 15 is 0 Å². The number of phenols is 1. The van der Waals surface area contributed by atoms with Crippen LogP contribution >= 0.6 is 0 Å². The van der Waals surface area contributed by atoms with Gasteiger partial charge in [-0.1, -0.05) is 6.07 Å². The van der Waals surface area contributed by atoms with Crippen LogP contribution in [-0.2, 0) is 10.1 Å². The molecule has 0 saturated carbocycles. The predicted molar refractivity (Wildman–Crippen MR) is 52.1 cm³/mol. The van der Waals surface area contributed by atoms with Gasteiger partial charge in [0, 0.05) is 6.07 Å². The van der Waals surface area contributed by atoms with Crippen molar-refractivity contribution in [2.24, 2.45) is 0 Å². The first-order valence-electron chi connectivity index (χ1n) is 3.58. The Bertz CT molecular complexity index is 363. The summed E-state index contributed by atoms with van der Waals surface area (Å²) in [6, 6.07) is 6.66. The van der Waals surface area contributed by atoms with E-state index in [2.05, 4.69) is 0 Å². The van der Waals surface area contributed by atoms with Gasteiger partial charge >= 0.3 is 0 Å². The molecule has 0 aromatic heterocycles. The highest BCUT2D eigenvalue weighted by molar-refractivity contribution is 7.85. The van der Waals surface area contributed by atoms with Gasteiger partial charge in [0.25, 0.3) is 10.1 Å². The normalized spacial score (nSPS) is 9.93. The number of aromatic hydroxyl groups is 1. The quantitative estimate of drug-likeness (QED) is 0.687. The Kier molecular flexibility index (Phi) is 4.96. The van der Waals surface area contributed by atoms with Crippen LogP contribution in [0.4, 0.5) is 0 Å². The van der Waals surface area contributed by atoms with Crippen LogP contribution in [0.2, 0.25) is 0 Å². The van der Waals surface area contributed by atoms with E-state index in [0.29, 0.717) is 12.0 Å². The molecule has 0 spiro atoms. The first-order valence-corrected chi connectivity index (χ1v) is 5.43. The van der Waals surface area contributed by atoms with Crippen molar-refractivity contribution in [2.45, 2.75) is 0 Å². The number of ether oxygens (including phenoxy) is 1. The standard InChI is InChI=1S/C7H8O2.CH4O3S/c1-9-7-4-2-3-6(8)5-7;1-5(2,3)4/h2-5,8H,1H3;1H3,(H,2,3,4). The molecule has 1 aromatic rings. The topological polar surface area (TPSA) is 83.8 Å². The Morgan fingerprint density at radius 3 is 2.14 bits per heavy atom. The van der Waals surface area contributed by atoms with E-state index in [9.17, 15) is 8.42 Å². The number of phenolic OH excluding ortho intramolecular Hbond substituents is 1. The minimum atomic E-state index is -3.67. The molecule has 14 heavy (non-hydrogen) atoms. The summed E-state index contributed by atoms with van der Waals surface area (Å²) in [4.78, 5) is 0. The molecule has 0 radical (unpaired) electrons. The van der Waals surface area contributed by atoms with Crippen molar-refractivity contribution in [2.75, 3.05) is 13.4 Å². The summed E-state index contributed by atoms with van der Waals surface area (Å²) in [5.74, 6) is 0.907. The molecule has 0 saturated heterocycles. The Morgan fingerprint density at radius 1 is 1.36 bits per heavy atom. The van der Waals surface area contributed by atoms with Gasteiger partial charge in [0.1, 0.15) is 11.5 Å². The molecular weight excluding hydrogens is 208 g/mol. The third-order valence-corrected chi connectivity index (χ3v) is 1.05. The molecule has 0 aliphatic carbocycles. The summed E-state index contributed by atoms with van der Waals surface area (Å²) >= 11 is 0. The molecule has 0 aliphatic heterocycles. The summed E-state index contributed by atoms with van der Waals surface area (Å²) in [6.45, 7) is 0. The van der Waals surface area contributed by atoms with E-state index in [1.165, 1.54) is 0 Å². The molecule has 0 aliphatic rings. The minimum absolute atomic E-state index is 0.231. The average molecular weight is 220 g/mol. The number of methoxy groups -OCH3 is 1. The summed E-state index contributed by atoms with van der Waals surface area (Å²) in [5, 5.41) is 8.86. The maximum absolute atomic E-state index is 9.19. The molecule has 0 bridgehead atoms. The van der Waals surface area contributed by atoms with Crippen LogP contribution in [0, 0.1) is 0 Å². The zero-order valence-corrected chi connectivity index (χ0v) is 8.65. The highest BCUT2D eigenvalue weighted by Crippen LogP contribution is 2.16. The molecule has 0 atom stereocenters. The number of benzene rings is 1. The highest BCUT2D eigenvalue weighted by atomic mass is 32.2. The van der Waals surface area contributed by atoms with Crippen LogP contribution in [0.3, 0.4) is 0 Å². The van der Waals surface area contributed by atoms with E-state index in [-0.39, 0.29) is 5.75 Å². The molecule has 0 unspecified atom stereocenters. The van der Waals surface area contributed by atoms with Crippen LogP contribution in [0.5, 0.6) is 11.5 Å². The zero-order chi connectivity index (χ0) is 11.2. The fraction of sp³-hybridized carbons (Fsp3) is 0.250. The van der Waals surface area contributed by atoms with Gasteiger partial charge in [-0.05, 0) is 12.1 Å². The molecule has 0 fully saturated rings. The Balaban J connectivity index is 0.000000292. The molecule has 80 valence electrons. The zero-order valence-electron chi connectivity index (χ0n) is 7.84. The fourth-order valence-electron chi connectivity index (χ4n) is 0.610. The molecule has 6 heteroatoms. The summed E-state index contributed by atoms with van der Waals surface area (Å²) in [5.41, 5.74) is 0. The van der Waals surface area contributed by atoms with Crippen molar-refractivity contribution in [3.63, 3.8) is 0 Å². The smallest absolute Gasteiger partial charge is 0.261 e. The van der Waals surface area contributed by atoms with Crippen molar-refractivity contribution in [3.8, 4) is 11.5 Å². The van der Waals surface area contributed by atoms with Gasteiger partial charge in [-0.15, -0.1) is 0 Å². The van der Waals surface area contributed by atoms with Crippen molar-refractivity contribution < 1.29 is 22.8 Å². The van der Waals surface area contributed by atoms with Crippen molar-refractivity contribution >= 4 is 10.1 Å². The second-order valence-corrected chi connectivity index (χ2v) is 3.90. The van der Waals surface area contributed by atoms with Gasteiger partial charge in [-0.3, -0.25) is 4.55 Å². The monoisotopic (exact) mass is 220 g/mol. The Labute approximate surface area is 82.7 Å². The molecule has 0 heterocycles. The van der Waals surface area contributed by atoms with E-state index in [4.69, 9.17) is 14.4 Å². The molecule has 2 N–H and O–H groups in total. The van der Waals surface area contributed by atoms with Crippen LogP contribution < -0.4 is 4.74 Å². The number of rotatable bonds is 1. The number of hydrogen-bond donors (Lipinski definition) is 2. The van der Waals surface area contributed by atoms with Crippen LogP contribution in [-0.4, -0.2) is 31.4 Å². The predicted octanol–water partition coefficient (Wildman–Crippen LogP) is 0.905. The van der Waals surface area contributed by atoms with Gasteiger partial charge in [0.05, 0.1) is 13.4 Å². The second-order valence-electron chi connectivity index (χ2n) is 2.43. The van der Waals surface area contributed by atoms with Gasteiger partial charge in [-0.25, -0.2) is 0 Å². The van der Waals surface area contributed by atoms with Gasteiger partial charge in [0.15, 0.2) is 0 Å². The van der Waals surface area contributed by atoms with Crippen molar-refractivity contribution in [3.05, 3.63) is 24.3 Å². The molecule has 1 aromatic carbocycles. The summed E-state index contributed by atoms with van der Waals surface area (Å²) in [6.07, 6.45) is 0.715. The largest absolute Gasteiger partial charge is 0.508 e. The number of hydrogen-bond acceptors (Lipinski definition) is 4. The lowest BCUT2D eigenvalue weighted by Crippen LogP contribution is -1.88. The van der Waals surface area contributed by atoms with Gasteiger partial charge in [-0.2, -0.15) is 8.42 Å². The van der Waals surface area contributed by atoms with Crippen LogP contribution in [0.1, 0.15) is 0 Å². The summed E-state index contributed by atoms with van der Waals surface area (Å²) < 4.78 is 30.7. The maximum atomic E-state index is 9.19. The Hall–Kier alpha value is -1.27. The lowest BCUT2D eigenvalue weighted by Gasteiger charge is -1.97. The molecule has 0 amide bonds. The first-order chi connectivity index (χ1) is 6.33. The van der Waals surface area contributed by atoms with Crippen molar-refractivity contribution in [1.29, 1.82) is 0 Å². The van der Waals surface area contributed by atoms with E-state index in [1.54, 1.807) is 31.4 Å². The third-order valence-electron chi connectivity index (χ3n) is 1.05. The van der Waals surface area contributed by atoms with E-state index in [0.717, 1.165) is 0 Å². The van der Waals surface area contributed by atoms with E-state index in [1.807, 2.05) is 0 Å². The van der Waals surface area contributed by atoms with Crippen molar-refractivity contribution in [1.82, 2.24) is 0 Å². The average Bonchev–Trinajstić information content (AvgIpc) is 2.01. The lowest BCUT2D eigenvalue weighted by atomic mass is 10.3. The summed E-state index contributed by atoms with van der Waals surface area (Å²) in [7, 11) is -2.10. The van der Waals surface area contributed by atoms with Gasteiger partial charge in [0.2, 0.25) is 0 Å². The molecular formula is C8H12O5S. The SMILES string of the molecule is COc1cccc(O)c1.CS(=O)(=O)O. The van der Waals surface area contributed by atoms with E-state index < -0.39 is 10.1 Å². The third kappa shape index (κ3) is 8.82. The Morgan fingerprint density at radius 2 is 1.86 bits per heavy atom. The highest BCUT2D eigenvalue weighted by Gasteiger charge is 1.88. The minimum Gasteiger partial charge on any atom is -0.508 e. The van der Waals surface area contributed by atoms with Gasteiger partial charge < -0.3 is 9.84 Å². The first kappa shape index (κ1) is 12.7. The second kappa shape index (κ2) is 5.46. The molecule has 1 rings (SSSR count). The molecule has 5 nitrogen and oxygen atoms in total. The lowest BCUT2D eigenvalue weighted by molar-refractivity contribution is 0.407. The maximum Gasteiger partial charge on any atom is 0.261 e. The fourth-order valence-corrected chi connectivity index (χ4v) is 0.610.